The van der Waals surface area contributed by atoms with Crippen LogP contribution in [0.15, 0.2) is 28.2 Å². The Labute approximate surface area is 92.5 Å². The smallest absolute Gasteiger partial charge is 0.153 e. The summed E-state index contributed by atoms with van der Waals surface area (Å²) >= 11 is 0. The molecule has 2 rings (SSSR count). The molecule has 1 unspecified atom stereocenters. The van der Waals surface area contributed by atoms with Gasteiger partial charge in [-0.1, -0.05) is 0 Å². The fraction of sp³-hybridized carbons (Fsp3) is 0.300. The molecule has 0 radical (unpaired) electrons. The van der Waals surface area contributed by atoms with Crippen molar-refractivity contribution in [1.29, 1.82) is 5.26 Å². The molecule has 1 atom stereocenters. The van der Waals surface area contributed by atoms with Crippen molar-refractivity contribution in [2.24, 2.45) is 4.99 Å². The molecular formula is C10H10N4O2. The Kier molecular flexibility index (Phi) is 2.81. The van der Waals surface area contributed by atoms with Gasteiger partial charge < -0.3 is 4.74 Å². The molecule has 0 aliphatic carbocycles. The summed E-state index contributed by atoms with van der Waals surface area (Å²) in [5.41, 5.74) is 4.02. The molecule has 0 saturated heterocycles. The molecule has 0 spiro atoms. The molecule has 2 aliphatic rings. The number of aliphatic imine (C=N–C) groups is 1. The third-order valence-electron chi connectivity index (χ3n) is 2.30. The van der Waals surface area contributed by atoms with E-state index in [0.29, 0.717) is 17.1 Å². The first kappa shape index (κ1) is 10.5. The molecule has 82 valence electrons. The highest BCUT2D eigenvalue weighted by atomic mass is 16.5. The van der Waals surface area contributed by atoms with Crippen LogP contribution in [0.5, 0.6) is 0 Å². The summed E-state index contributed by atoms with van der Waals surface area (Å²) in [7, 11) is 1.54. The van der Waals surface area contributed by atoms with Crippen LogP contribution in [-0.4, -0.2) is 37.3 Å². The van der Waals surface area contributed by atoms with Crippen LogP contribution in [-0.2, 0) is 9.53 Å². The molecule has 0 fully saturated rings. The van der Waals surface area contributed by atoms with Crippen LogP contribution in [0.3, 0.4) is 0 Å². The third-order valence-corrected chi connectivity index (χ3v) is 2.30. The number of hydrazine groups is 1. The number of rotatable bonds is 3. The Balaban J connectivity index is 2.34. The van der Waals surface area contributed by atoms with E-state index in [4.69, 9.17) is 10.00 Å². The molecule has 0 amide bonds. The summed E-state index contributed by atoms with van der Waals surface area (Å²) in [5, 5.41) is 10.4. The number of carbonyl (C=O) groups excluding carboxylic acids is 1. The van der Waals surface area contributed by atoms with Gasteiger partial charge in [0, 0.05) is 13.3 Å². The van der Waals surface area contributed by atoms with Gasteiger partial charge in [0.15, 0.2) is 6.29 Å². The van der Waals surface area contributed by atoms with Gasteiger partial charge in [0.05, 0.1) is 23.9 Å². The quantitative estimate of drug-likeness (QED) is 0.659. The first-order valence-electron chi connectivity index (χ1n) is 4.69. The van der Waals surface area contributed by atoms with Gasteiger partial charge in [-0.3, -0.25) is 9.80 Å². The van der Waals surface area contributed by atoms with E-state index in [1.165, 1.54) is 6.21 Å². The number of carbonyl (C=O) groups is 1. The van der Waals surface area contributed by atoms with E-state index in [1.54, 1.807) is 18.2 Å². The monoisotopic (exact) mass is 218 g/mol. The summed E-state index contributed by atoms with van der Waals surface area (Å²) in [4.78, 5) is 14.9. The Morgan fingerprint density at radius 3 is 3.25 bits per heavy atom. The topological polar surface area (TPSA) is 77.7 Å². The molecule has 0 aromatic rings. The van der Waals surface area contributed by atoms with Crippen molar-refractivity contribution in [2.75, 3.05) is 13.7 Å². The normalized spacial score (nSPS) is 22.9. The van der Waals surface area contributed by atoms with Crippen molar-refractivity contribution in [2.45, 2.75) is 6.04 Å². The Hall–Kier alpha value is -1.97. The van der Waals surface area contributed by atoms with Crippen LogP contribution in [0.2, 0.25) is 0 Å². The van der Waals surface area contributed by atoms with Crippen molar-refractivity contribution >= 4 is 12.5 Å². The van der Waals surface area contributed by atoms with Crippen LogP contribution >= 0.6 is 0 Å². The van der Waals surface area contributed by atoms with Crippen LogP contribution in [0.1, 0.15) is 0 Å². The minimum absolute atomic E-state index is 0.280. The lowest BCUT2D eigenvalue weighted by molar-refractivity contribution is -0.104. The number of aldehydes is 1. The van der Waals surface area contributed by atoms with Gasteiger partial charge in [-0.25, -0.2) is 10.4 Å². The Morgan fingerprint density at radius 1 is 1.81 bits per heavy atom. The summed E-state index contributed by atoms with van der Waals surface area (Å²) in [6, 6.07) is 1.64. The fourth-order valence-corrected chi connectivity index (χ4v) is 1.57. The van der Waals surface area contributed by atoms with E-state index in [1.807, 2.05) is 0 Å². The maximum atomic E-state index is 10.8. The molecule has 2 heterocycles. The summed E-state index contributed by atoms with van der Waals surface area (Å²) < 4.78 is 5.02. The highest BCUT2D eigenvalue weighted by Gasteiger charge is 2.29. The molecule has 6 heteroatoms. The number of hydrogen-bond donors (Lipinski definition) is 1. The van der Waals surface area contributed by atoms with Gasteiger partial charge in [-0.2, -0.15) is 5.26 Å². The Morgan fingerprint density at radius 2 is 2.62 bits per heavy atom. The second-order valence-corrected chi connectivity index (χ2v) is 3.31. The summed E-state index contributed by atoms with van der Waals surface area (Å²) in [6.45, 7) is 0.280. The van der Waals surface area contributed by atoms with Crippen molar-refractivity contribution in [3.05, 3.63) is 23.2 Å². The first-order valence-corrected chi connectivity index (χ1v) is 4.69. The zero-order chi connectivity index (χ0) is 11.5. The molecule has 0 bridgehead atoms. The number of nitrogens with zero attached hydrogens (tertiary/aromatic N) is 3. The largest absolute Gasteiger partial charge is 0.378 e. The zero-order valence-corrected chi connectivity index (χ0v) is 8.67. The highest BCUT2D eigenvalue weighted by Crippen LogP contribution is 2.23. The molecule has 2 aliphatic heterocycles. The minimum atomic E-state index is -0.426. The number of nitrogens with one attached hydrogen (secondary N) is 1. The van der Waals surface area contributed by atoms with Crippen molar-refractivity contribution in [1.82, 2.24) is 10.4 Å². The van der Waals surface area contributed by atoms with E-state index >= 15 is 0 Å². The zero-order valence-electron chi connectivity index (χ0n) is 8.67. The number of methoxy groups -OCH3 is 1. The average Bonchev–Trinajstić information content (AvgIpc) is 2.73. The standard InChI is InChI=1S/C10H10N4O2/c1-16-6-9-7(5-15)4-12-10-2-8(3-11)13-14(9)10/h2,4-5,8,13H,6H2,1H3. The van der Waals surface area contributed by atoms with Gasteiger partial charge in [0.25, 0.3) is 0 Å². The molecule has 0 saturated carbocycles. The minimum Gasteiger partial charge on any atom is -0.378 e. The van der Waals surface area contributed by atoms with E-state index in [-0.39, 0.29) is 6.61 Å². The van der Waals surface area contributed by atoms with Gasteiger partial charge >= 0.3 is 0 Å². The van der Waals surface area contributed by atoms with Crippen molar-refractivity contribution in [3.8, 4) is 6.07 Å². The van der Waals surface area contributed by atoms with Gasteiger partial charge in [-0.05, 0) is 6.08 Å². The molecular weight excluding hydrogens is 208 g/mol. The maximum absolute atomic E-state index is 10.8. The van der Waals surface area contributed by atoms with Gasteiger partial charge in [0.1, 0.15) is 11.9 Å². The SMILES string of the molecule is COCC1=C(C=O)C=NC2=CC(C#N)NN21. The lowest BCUT2D eigenvalue weighted by Crippen LogP contribution is -2.39. The summed E-state index contributed by atoms with van der Waals surface area (Å²) in [5.74, 6) is 0.615. The van der Waals surface area contributed by atoms with Crippen LogP contribution in [0.4, 0.5) is 0 Å². The predicted octanol–water partition coefficient (Wildman–Crippen LogP) is -0.276. The molecule has 0 aromatic carbocycles. The number of ether oxygens (including phenoxy) is 1. The van der Waals surface area contributed by atoms with Crippen LogP contribution < -0.4 is 5.43 Å². The van der Waals surface area contributed by atoms with Crippen LogP contribution in [0.25, 0.3) is 0 Å². The lowest BCUT2D eigenvalue weighted by atomic mass is 10.2. The van der Waals surface area contributed by atoms with Crippen molar-refractivity contribution in [3.63, 3.8) is 0 Å². The molecule has 16 heavy (non-hydrogen) atoms. The number of hydrogen-bond acceptors (Lipinski definition) is 6. The average molecular weight is 218 g/mol. The molecule has 1 N–H and O–H groups in total. The Bertz CT molecular complexity index is 444. The second-order valence-electron chi connectivity index (χ2n) is 3.31. The van der Waals surface area contributed by atoms with Crippen LogP contribution in [0, 0.1) is 11.3 Å². The number of nitriles is 1. The predicted molar refractivity (Wildman–Crippen MR) is 55.9 cm³/mol. The van der Waals surface area contributed by atoms with E-state index < -0.39 is 6.04 Å². The highest BCUT2D eigenvalue weighted by molar-refractivity contribution is 6.03. The first-order chi connectivity index (χ1) is 7.80. The van der Waals surface area contributed by atoms with Gasteiger partial charge in [-0.15, -0.1) is 0 Å². The van der Waals surface area contributed by atoms with Gasteiger partial charge in [0.2, 0.25) is 0 Å². The lowest BCUT2D eigenvalue weighted by Gasteiger charge is -2.26. The summed E-state index contributed by atoms with van der Waals surface area (Å²) in [6.07, 6.45) is 3.88. The van der Waals surface area contributed by atoms with Crippen molar-refractivity contribution < 1.29 is 9.53 Å². The van der Waals surface area contributed by atoms with E-state index in [2.05, 4.69) is 16.5 Å². The maximum Gasteiger partial charge on any atom is 0.153 e. The third kappa shape index (κ3) is 1.62. The second kappa shape index (κ2) is 4.26. The van der Waals surface area contributed by atoms with E-state index in [0.717, 1.165) is 6.29 Å². The molecule has 6 nitrogen and oxygen atoms in total. The van der Waals surface area contributed by atoms with E-state index in [9.17, 15) is 4.79 Å². The fourth-order valence-electron chi connectivity index (χ4n) is 1.57. The number of fused-ring (bicyclic) bond motifs is 1. The number of allylic oxidation sites excluding steroid dienone is 1. The molecule has 0 aromatic heterocycles.